The van der Waals surface area contributed by atoms with E-state index in [0.29, 0.717) is 22.1 Å². The fraction of sp³-hybridized carbons (Fsp3) is 0. The van der Waals surface area contributed by atoms with Crippen LogP contribution in [0.25, 0.3) is 33.4 Å². The normalized spacial score (nSPS) is 11.2. The molecule has 0 fully saturated rings. The SMILES string of the molecule is O=C(N/N=C/c1ccccc1O)c1ccc(-c2c3ccc(=O)cc-3oc3cc(O)ccc23)c(C(=O)O)c1. The van der Waals surface area contributed by atoms with E-state index < -0.39 is 11.9 Å². The summed E-state index contributed by atoms with van der Waals surface area (Å²) in [4.78, 5) is 36.9. The van der Waals surface area contributed by atoms with Crippen molar-refractivity contribution in [1.82, 2.24) is 5.43 Å². The van der Waals surface area contributed by atoms with Gasteiger partial charge in [0.1, 0.15) is 22.8 Å². The van der Waals surface area contributed by atoms with Gasteiger partial charge in [-0.3, -0.25) is 9.59 Å². The highest BCUT2D eigenvalue weighted by Crippen LogP contribution is 2.42. The van der Waals surface area contributed by atoms with Gasteiger partial charge >= 0.3 is 5.97 Å². The van der Waals surface area contributed by atoms with Crippen molar-refractivity contribution in [2.75, 3.05) is 0 Å². The number of nitrogens with zero attached hydrogens (tertiary/aromatic N) is 1. The zero-order valence-electron chi connectivity index (χ0n) is 19.0. The first-order valence-electron chi connectivity index (χ1n) is 11.0. The number of hydrogen-bond acceptors (Lipinski definition) is 7. The number of carbonyl (C=O) groups is 2. The van der Waals surface area contributed by atoms with E-state index in [0.717, 1.165) is 0 Å². The summed E-state index contributed by atoms with van der Waals surface area (Å²) < 4.78 is 5.82. The van der Waals surface area contributed by atoms with Crippen LogP contribution in [0.5, 0.6) is 11.5 Å². The lowest BCUT2D eigenvalue weighted by molar-refractivity contribution is 0.0697. The standard InChI is InChI=1S/C28H18N2O7/c31-17-6-9-20-24(12-17)37-25-13-18(32)7-10-21(25)26(20)19-8-5-15(11-22(19)28(35)36)27(34)30-29-14-16-3-1-2-4-23(16)33/h1-14,31,33H,(H,30,34)(H,35,36)/b29-14+. The second-order valence-electron chi connectivity index (χ2n) is 8.14. The van der Waals surface area contributed by atoms with Crippen molar-refractivity contribution in [2.45, 2.75) is 0 Å². The molecule has 1 heterocycles. The van der Waals surface area contributed by atoms with E-state index in [9.17, 15) is 29.7 Å². The summed E-state index contributed by atoms with van der Waals surface area (Å²) in [5, 5.41) is 34.1. The van der Waals surface area contributed by atoms with Crippen LogP contribution < -0.4 is 10.9 Å². The van der Waals surface area contributed by atoms with Gasteiger partial charge in [-0.2, -0.15) is 5.10 Å². The van der Waals surface area contributed by atoms with E-state index in [1.54, 1.807) is 30.3 Å². The third-order valence-corrected chi connectivity index (χ3v) is 5.76. The monoisotopic (exact) mass is 494 g/mol. The third kappa shape index (κ3) is 4.48. The summed E-state index contributed by atoms with van der Waals surface area (Å²) >= 11 is 0. The minimum Gasteiger partial charge on any atom is -0.508 e. The minimum atomic E-state index is -1.27. The van der Waals surface area contributed by atoms with Gasteiger partial charge in [-0.05, 0) is 54.1 Å². The molecule has 9 heteroatoms. The van der Waals surface area contributed by atoms with Gasteiger partial charge in [-0.1, -0.05) is 18.2 Å². The predicted octanol–water partition coefficient (Wildman–Crippen LogP) is 4.44. The van der Waals surface area contributed by atoms with E-state index in [1.165, 1.54) is 54.7 Å². The quantitative estimate of drug-likeness (QED) is 0.160. The second kappa shape index (κ2) is 9.31. The van der Waals surface area contributed by atoms with E-state index >= 15 is 0 Å². The molecule has 182 valence electrons. The number of benzene rings is 4. The fourth-order valence-corrected chi connectivity index (χ4v) is 4.05. The summed E-state index contributed by atoms with van der Waals surface area (Å²) in [7, 11) is 0. The Bertz CT molecular complexity index is 1750. The van der Waals surface area contributed by atoms with Crippen LogP contribution in [0.2, 0.25) is 0 Å². The smallest absolute Gasteiger partial charge is 0.336 e. The zero-order chi connectivity index (χ0) is 26.1. The molecule has 1 aliphatic carbocycles. The number of aromatic carboxylic acids is 1. The zero-order valence-corrected chi connectivity index (χ0v) is 19.0. The van der Waals surface area contributed by atoms with Crippen LogP contribution in [-0.4, -0.2) is 33.4 Å². The lowest BCUT2D eigenvalue weighted by Gasteiger charge is -2.17. The number of rotatable bonds is 5. The Balaban J connectivity index is 1.60. The number of hydrogen-bond donors (Lipinski definition) is 4. The van der Waals surface area contributed by atoms with Crippen molar-refractivity contribution < 1.29 is 29.3 Å². The molecule has 1 aliphatic heterocycles. The molecule has 0 unspecified atom stereocenters. The molecular formula is C28H18N2O7. The van der Waals surface area contributed by atoms with Gasteiger partial charge in [0.25, 0.3) is 5.91 Å². The van der Waals surface area contributed by atoms with E-state index in [-0.39, 0.29) is 45.0 Å². The molecular weight excluding hydrogens is 476 g/mol. The van der Waals surface area contributed by atoms with Gasteiger partial charge in [-0.15, -0.1) is 0 Å². The first-order valence-corrected chi connectivity index (χ1v) is 11.0. The van der Waals surface area contributed by atoms with Crippen LogP contribution in [0.3, 0.4) is 0 Å². The molecule has 0 atom stereocenters. The Morgan fingerprint density at radius 3 is 2.46 bits per heavy atom. The molecule has 0 aromatic heterocycles. The van der Waals surface area contributed by atoms with Gasteiger partial charge in [-0.25, -0.2) is 10.2 Å². The first-order chi connectivity index (χ1) is 17.8. The molecule has 0 radical (unpaired) electrons. The van der Waals surface area contributed by atoms with Crippen LogP contribution in [0.15, 0.2) is 93.2 Å². The number of carbonyl (C=O) groups excluding carboxylic acids is 1. The Morgan fingerprint density at radius 1 is 0.892 bits per heavy atom. The first kappa shape index (κ1) is 23.3. The summed E-state index contributed by atoms with van der Waals surface area (Å²) in [6, 6.07) is 19.2. The number of amides is 1. The number of phenols is 2. The number of nitrogens with one attached hydrogen (secondary N) is 1. The molecule has 5 rings (SSSR count). The molecule has 0 saturated carbocycles. The molecule has 0 spiro atoms. The Morgan fingerprint density at radius 2 is 1.68 bits per heavy atom. The largest absolute Gasteiger partial charge is 0.508 e. The van der Waals surface area contributed by atoms with Gasteiger partial charge in [0.05, 0.1) is 11.8 Å². The van der Waals surface area contributed by atoms with Crippen molar-refractivity contribution in [1.29, 1.82) is 0 Å². The summed E-state index contributed by atoms with van der Waals surface area (Å²) in [6.45, 7) is 0. The third-order valence-electron chi connectivity index (χ3n) is 5.76. The highest BCUT2D eigenvalue weighted by Gasteiger charge is 2.23. The average Bonchev–Trinajstić information content (AvgIpc) is 2.87. The number of hydrazone groups is 1. The maximum Gasteiger partial charge on any atom is 0.336 e. The van der Waals surface area contributed by atoms with Gasteiger partial charge < -0.3 is 19.7 Å². The molecule has 0 saturated heterocycles. The highest BCUT2D eigenvalue weighted by atomic mass is 16.4. The lowest BCUT2D eigenvalue weighted by Crippen LogP contribution is -2.18. The molecule has 37 heavy (non-hydrogen) atoms. The van der Waals surface area contributed by atoms with E-state index in [1.807, 2.05) is 0 Å². The molecule has 3 aromatic carbocycles. The number of carboxylic acid groups (broad SMARTS) is 1. The lowest BCUT2D eigenvalue weighted by atomic mass is 9.90. The van der Waals surface area contributed by atoms with Crippen LogP contribution in [0.4, 0.5) is 0 Å². The number of carboxylic acids is 1. The summed E-state index contributed by atoms with van der Waals surface area (Å²) in [6.07, 6.45) is 1.27. The minimum absolute atomic E-state index is 0.00974. The Kier molecular flexibility index (Phi) is 5.86. The van der Waals surface area contributed by atoms with Crippen LogP contribution in [0, 0.1) is 0 Å². The molecule has 2 aliphatic rings. The number of aromatic hydroxyl groups is 2. The number of para-hydroxylation sites is 1. The molecule has 3 aromatic rings. The van der Waals surface area contributed by atoms with Gasteiger partial charge in [0.15, 0.2) is 5.43 Å². The maximum atomic E-state index is 12.7. The van der Waals surface area contributed by atoms with Crippen molar-refractivity contribution in [3.63, 3.8) is 0 Å². The Hall–Kier alpha value is -5.44. The number of fused-ring (bicyclic) bond motifs is 2. The molecule has 4 N–H and O–H groups in total. The van der Waals surface area contributed by atoms with Crippen molar-refractivity contribution >= 4 is 29.1 Å². The topological polar surface area (TPSA) is 149 Å². The second-order valence-corrected chi connectivity index (χ2v) is 8.14. The summed E-state index contributed by atoms with van der Waals surface area (Å²) in [5.41, 5.74) is 3.81. The highest BCUT2D eigenvalue weighted by molar-refractivity contribution is 6.09. The van der Waals surface area contributed by atoms with Crippen LogP contribution in [-0.2, 0) is 0 Å². The van der Waals surface area contributed by atoms with Crippen molar-refractivity contribution in [2.24, 2.45) is 5.10 Å². The molecule has 9 nitrogen and oxygen atoms in total. The van der Waals surface area contributed by atoms with E-state index in [2.05, 4.69) is 10.5 Å². The fourth-order valence-electron chi connectivity index (χ4n) is 4.05. The summed E-state index contributed by atoms with van der Waals surface area (Å²) in [5.74, 6) is -1.78. The molecule has 1 amide bonds. The van der Waals surface area contributed by atoms with Crippen LogP contribution >= 0.6 is 0 Å². The average molecular weight is 494 g/mol. The maximum absolute atomic E-state index is 12.7. The molecule has 0 bridgehead atoms. The van der Waals surface area contributed by atoms with Crippen molar-refractivity contribution in [3.05, 3.63) is 106 Å². The van der Waals surface area contributed by atoms with Gasteiger partial charge in [0.2, 0.25) is 0 Å². The van der Waals surface area contributed by atoms with Crippen LogP contribution in [0.1, 0.15) is 26.3 Å². The van der Waals surface area contributed by atoms with Crippen molar-refractivity contribution in [3.8, 4) is 33.9 Å². The Labute approximate surface area is 208 Å². The number of phenolic OH excluding ortho intramolecular Hbond substituents is 2. The van der Waals surface area contributed by atoms with E-state index in [4.69, 9.17) is 4.42 Å². The predicted molar refractivity (Wildman–Crippen MR) is 136 cm³/mol. The van der Waals surface area contributed by atoms with Gasteiger partial charge in [0, 0.05) is 39.8 Å².